The fourth-order valence-corrected chi connectivity index (χ4v) is 1.66. The lowest BCUT2D eigenvalue weighted by Gasteiger charge is -2.10. The lowest BCUT2D eigenvalue weighted by atomic mass is 10.0. The van der Waals surface area contributed by atoms with Crippen molar-refractivity contribution in [1.29, 1.82) is 0 Å². The maximum Gasteiger partial charge on any atom is 0.224 e. The summed E-state index contributed by atoms with van der Waals surface area (Å²) in [6, 6.07) is 7.86. The number of benzene rings is 1. The molecule has 0 saturated heterocycles. The van der Waals surface area contributed by atoms with Crippen molar-refractivity contribution in [2.75, 3.05) is 17.7 Å². The molecule has 2 rings (SSSR count). The Morgan fingerprint density at radius 1 is 1.16 bits per heavy atom. The number of halogens is 1. The van der Waals surface area contributed by atoms with Crippen molar-refractivity contribution in [1.82, 2.24) is 9.97 Å². The molecule has 0 saturated carbocycles. The molecule has 100 valence electrons. The molecule has 0 aliphatic rings. The summed E-state index contributed by atoms with van der Waals surface area (Å²) in [7, 11) is 1.69. The average Bonchev–Trinajstić information content (AvgIpc) is 2.42. The first-order valence-electron chi connectivity index (χ1n) is 6.17. The molecule has 1 aromatic carbocycles. The van der Waals surface area contributed by atoms with E-state index in [-0.39, 0.29) is 5.82 Å². The van der Waals surface area contributed by atoms with Gasteiger partial charge in [0.05, 0.1) is 6.20 Å². The monoisotopic (exact) mass is 260 g/mol. The highest BCUT2D eigenvalue weighted by atomic mass is 19.1. The van der Waals surface area contributed by atoms with Crippen molar-refractivity contribution >= 4 is 17.5 Å². The largest absolute Gasteiger partial charge is 0.357 e. The highest BCUT2D eigenvalue weighted by Gasteiger charge is 2.07. The lowest BCUT2D eigenvalue weighted by molar-refractivity contribution is 0.619. The Bertz CT molecular complexity index is 552. The van der Waals surface area contributed by atoms with Crippen LogP contribution in [0.25, 0.3) is 0 Å². The highest BCUT2D eigenvalue weighted by Crippen LogP contribution is 2.21. The van der Waals surface area contributed by atoms with Crippen LogP contribution in [-0.4, -0.2) is 17.0 Å². The molecule has 5 heteroatoms. The molecule has 19 heavy (non-hydrogen) atoms. The van der Waals surface area contributed by atoms with Crippen LogP contribution < -0.4 is 10.6 Å². The fourth-order valence-electron chi connectivity index (χ4n) is 1.66. The molecule has 0 aliphatic heterocycles. The van der Waals surface area contributed by atoms with Gasteiger partial charge in [-0.3, -0.25) is 0 Å². The van der Waals surface area contributed by atoms with Crippen LogP contribution in [0, 0.1) is 5.82 Å². The molecule has 2 aromatic rings. The van der Waals surface area contributed by atoms with Gasteiger partial charge >= 0.3 is 0 Å². The molecule has 0 unspecified atom stereocenters. The van der Waals surface area contributed by atoms with Gasteiger partial charge in [0.25, 0.3) is 0 Å². The highest BCUT2D eigenvalue weighted by molar-refractivity contribution is 5.57. The van der Waals surface area contributed by atoms with E-state index < -0.39 is 5.82 Å². The van der Waals surface area contributed by atoms with E-state index in [0.29, 0.717) is 11.9 Å². The fraction of sp³-hybridized carbons (Fsp3) is 0.286. The molecule has 1 heterocycles. The molecule has 0 fully saturated rings. The van der Waals surface area contributed by atoms with E-state index >= 15 is 0 Å². The average molecular weight is 260 g/mol. The topological polar surface area (TPSA) is 49.8 Å². The third kappa shape index (κ3) is 3.19. The van der Waals surface area contributed by atoms with E-state index in [0.717, 1.165) is 11.9 Å². The molecular formula is C14H17FN4. The van der Waals surface area contributed by atoms with E-state index in [1.165, 1.54) is 5.56 Å². The van der Waals surface area contributed by atoms with Gasteiger partial charge in [0.2, 0.25) is 5.95 Å². The summed E-state index contributed by atoms with van der Waals surface area (Å²) in [6.07, 6.45) is 1.14. The van der Waals surface area contributed by atoms with Crippen LogP contribution in [0.15, 0.2) is 30.5 Å². The van der Waals surface area contributed by atoms with Crippen LogP contribution in [0.3, 0.4) is 0 Å². The predicted octanol–water partition coefficient (Wildman–Crippen LogP) is 3.52. The maximum atomic E-state index is 13.6. The van der Waals surface area contributed by atoms with Crippen LogP contribution in [0.4, 0.5) is 21.8 Å². The normalized spacial score (nSPS) is 10.6. The number of anilines is 3. The molecule has 0 spiro atoms. The number of nitrogens with zero attached hydrogens (tertiary/aromatic N) is 2. The van der Waals surface area contributed by atoms with Crippen molar-refractivity contribution in [3.8, 4) is 0 Å². The third-order valence-corrected chi connectivity index (χ3v) is 2.81. The smallest absolute Gasteiger partial charge is 0.224 e. The summed E-state index contributed by atoms with van der Waals surface area (Å²) in [4.78, 5) is 7.83. The minimum Gasteiger partial charge on any atom is -0.357 e. The van der Waals surface area contributed by atoms with Gasteiger partial charge in [0.15, 0.2) is 11.6 Å². The van der Waals surface area contributed by atoms with E-state index in [2.05, 4.69) is 34.4 Å². The molecule has 4 nitrogen and oxygen atoms in total. The summed E-state index contributed by atoms with van der Waals surface area (Å²) in [5.74, 6) is 0.534. The Morgan fingerprint density at radius 2 is 1.84 bits per heavy atom. The van der Waals surface area contributed by atoms with Gasteiger partial charge in [-0.1, -0.05) is 26.0 Å². The van der Waals surface area contributed by atoms with E-state index in [1.807, 2.05) is 24.3 Å². The van der Waals surface area contributed by atoms with Crippen molar-refractivity contribution < 1.29 is 4.39 Å². The van der Waals surface area contributed by atoms with Crippen LogP contribution in [0.1, 0.15) is 25.3 Å². The summed E-state index contributed by atoms with van der Waals surface area (Å²) in [5.41, 5.74) is 2.04. The summed E-state index contributed by atoms with van der Waals surface area (Å²) < 4.78 is 13.6. The van der Waals surface area contributed by atoms with Gasteiger partial charge in [0.1, 0.15) is 0 Å². The van der Waals surface area contributed by atoms with Crippen LogP contribution in [0.2, 0.25) is 0 Å². The van der Waals surface area contributed by atoms with Crippen LogP contribution in [0.5, 0.6) is 0 Å². The lowest BCUT2D eigenvalue weighted by Crippen LogP contribution is -2.03. The van der Waals surface area contributed by atoms with Crippen molar-refractivity contribution in [2.24, 2.45) is 0 Å². The van der Waals surface area contributed by atoms with Gasteiger partial charge in [-0.25, -0.2) is 9.37 Å². The first-order chi connectivity index (χ1) is 9.10. The second kappa shape index (κ2) is 5.65. The Labute approximate surface area is 112 Å². The van der Waals surface area contributed by atoms with E-state index in [9.17, 15) is 4.39 Å². The Hall–Kier alpha value is -2.17. The van der Waals surface area contributed by atoms with Gasteiger partial charge in [0, 0.05) is 12.7 Å². The van der Waals surface area contributed by atoms with Crippen molar-refractivity contribution in [2.45, 2.75) is 19.8 Å². The molecule has 0 amide bonds. The van der Waals surface area contributed by atoms with Gasteiger partial charge in [-0.15, -0.1) is 0 Å². The Kier molecular flexibility index (Phi) is 3.94. The zero-order valence-corrected chi connectivity index (χ0v) is 11.2. The quantitative estimate of drug-likeness (QED) is 0.883. The first kappa shape index (κ1) is 13.3. The number of nitrogens with one attached hydrogen (secondary N) is 2. The molecule has 0 aliphatic carbocycles. The third-order valence-electron chi connectivity index (χ3n) is 2.81. The zero-order chi connectivity index (χ0) is 13.8. The Morgan fingerprint density at radius 3 is 2.42 bits per heavy atom. The van der Waals surface area contributed by atoms with E-state index in [1.54, 1.807) is 7.05 Å². The number of aromatic nitrogens is 2. The molecule has 0 radical (unpaired) electrons. The molecule has 0 atom stereocenters. The number of hydrogen-bond donors (Lipinski definition) is 2. The van der Waals surface area contributed by atoms with Gasteiger partial charge in [-0.05, 0) is 23.6 Å². The molecule has 0 bridgehead atoms. The number of hydrogen-bond acceptors (Lipinski definition) is 4. The zero-order valence-electron chi connectivity index (χ0n) is 11.2. The SMILES string of the molecule is CNc1ncc(F)c(Nc2ccc(C(C)C)cc2)n1. The summed E-state index contributed by atoms with van der Waals surface area (Å²) >= 11 is 0. The van der Waals surface area contributed by atoms with E-state index in [4.69, 9.17) is 0 Å². The predicted molar refractivity (Wildman–Crippen MR) is 75.4 cm³/mol. The van der Waals surface area contributed by atoms with Crippen LogP contribution >= 0.6 is 0 Å². The second-order valence-corrected chi connectivity index (χ2v) is 4.54. The molecular weight excluding hydrogens is 243 g/mol. The summed E-state index contributed by atoms with van der Waals surface area (Å²) in [6.45, 7) is 4.26. The standard InChI is InChI=1S/C14H17FN4/c1-9(2)10-4-6-11(7-5-10)18-13-12(15)8-17-14(16-3)19-13/h4-9H,1-3H3,(H2,16,17,18,19). The second-order valence-electron chi connectivity index (χ2n) is 4.54. The van der Waals surface area contributed by atoms with Gasteiger partial charge in [-0.2, -0.15) is 4.98 Å². The van der Waals surface area contributed by atoms with Crippen molar-refractivity contribution in [3.05, 3.63) is 41.8 Å². The number of rotatable bonds is 4. The first-order valence-corrected chi connectivity index (χ1v) is 6.17. The maximum absolute atomic E-state index is 13.6. The minimum absolute atomic E-state index is 0.164. The minimum atomic E-state index is -0.480. The van der Waals surface area contributed by atoms with Gasteiger partial charge < -0.3 is 10.6 Å². The molecule has 1 aromatic heterocycles. The summed E-state index contributed by atoms with van der Waals surface area (Å²) in [5, 5.41) is 5.72. The van der Waals surface area contributed by atoms with Crippen molar-refractivity contribution in [3.63, 3.8) is 0 Å². The molecule has 2 N–H and O–H groups in total. The van der Waals surface area contributed by atoms with Crippen LogP contribution in [-0.2, 0) is 0 Å². The Balaban J connectivity index is 2.20.